The molecule has 1 aromatic rings. The highest BCUT2D eigenvalue weighted by Gasteiger charge is 2.34. The second-order valence-electron chi connectivity index (χ2n) is 4.32. The van der Waals surface area contributed by atoms with Crippen LogP contribution in [-0.2, 0) is 4.79 Å². The minimum Gasteiger partial charge on any atom is -0.315 e. The summed E-state index contributed by atoms with van der Waals surface area (Å²) in [4.78, 5) is 15.9. The molecule has 2 rings (SSSR count). The van der Waals surface area contributed by atoms with Gasteiger partial charge in [-0.25, -0.2) is 0 Å². The summed E-state index contributed by atoms with van der Waals surface area (Å²) in [6, 6.07) is 0.163. The Kier molecular flexibility index (Phi) is 2.91. The molecule has 1 amide bonds. The van der Waals surface area contributed by atoms with Crippen molar-refractivity contribution in [1.82, 2.24) is 15.5 Å². The van der Waals surface area contributed by atoms with E-state index in [0.717, 1.165) is 25.8 Å². The Bertz CT molecular complexity index is 382. The normalized spacial score (nSPS) is 25.4. The number of carbonyl (C=O) groups is 1. The van der Waals surface area contributed by atoms with Crippen molar-refractivity contribution in [3.05, 3.63) is 5.82 Å². The van der Waals surface area contributed by atoms with E-state index in [2.05, 4.69) is 20.8 Å². The first-order valence-corrected chi connectivity index (χ1v) is 5.47. The first kappa shape index (κ1) is 11.1. The van der Waals surface area contributed by atoms with E-state index in [1.165, 1.54) is 0 Å². The van der Waals surface area contributed by atoms with Gasteiger partial charge in [-0.3, -0.25) is 10.1 Å². The van der Waals surface area contributed by atoms with Crippen molar-refractivity contribution in [2.24, 2.45) is 0 Å². The lowest BCUT2D eigenvalue weighted by atomic mass is 9.90. The Balaban J connectivity index is 2.01. The molecule has 1 aliphatic rings. The van der Waals surface area contributed by atoms with Gasteiger partial charge in [-0.2, -0.15) is 4.98 Å². The molecule has 0 aliphatic carbocycles. The maximum Gasteiger partial charge on any atom is 0.328 e. The predicted octanol–water partition coefficient (Wildman–Crippen LogP) is 0.849. The molecule has 2 N–H and O–H groups in total. The van der Waals surface area contributed by atoms with Crippen molar-refractivity contribution in [3.63, 3.8) is 0 Å². The number of anilines is 1. The van der Waals surface area contributed by atoms with Crippen LogP contribution in [0.15, 0.2) is 4.52 Å². The third-order valence-corrected chi connectivity index (χ3v) is 2.87. The molecule has 2 heterocycles. The fraction of sp³-hybridized carbons (Fsp3) is 0.700. The molecule has 6 nitrogen and oxygen atoms in total. The van der Waals surface area contributed by atoms with Gasteiger partial charge in [0.1, 0.15) is 0 Å². The fourth-order valence-electron chi connectivity index (χ4n) is 1.83. The molecular weight excluding hydrogens is 208 g/mol. The van der Waals surface area contributed by atoms with Gasteiger partial charge in [0.25, 0.3) is 0 Å². The van der Waals surface area contributed by atoms with Crippen molar-refractivity contribution in [1.29, 1.82) is 0 Å². The lowest BCUT2D eigenvalue weighted by molar-refractivity contribution is -0.122. The van der Waals surface area contributed by atoms with Gasteiger partial charge < -0.3 is 9.84 Å². The number of amides is 1. The first-order chi connectivity index (χ1) is 7.60. The topological polar surface area (TPSA) is 80.0 Å². The second-order valence-corrected chi connectivity index (χ2v) is 4.32. The van der Waals surface area contributed by atoms with Crippen molar-refractivity contribution in [3.8, 4) is 0 Å². The van der Waals surface area contributed by atoms with Gasteiger partial charge in [0.15, 0.2) is 5.82 Å². The zero-order chi connectivity index (χ0) is 11.6. The van der Waals surface area contributed by atoms with Gasteiger partial charge in [0, 0.05) is 0 Å². The van der Waals surface area contributed by atoms with E-state index in [1.807, 2.05) is 6.92 Å². The molecule has 1 unspecified atom stereocenters. The lowest BCUT2D eigenvalue weighted by Gasteiger charge is -2.32. The largest absolute Gasteiger partial charge is 0.328 e. The lowest BCUT2D eigenvalue weighted by Crippen LogP contribution is -2.54. The molecule has 6 heteroatoms. The summed E-state index contributed by atoms with van der Waals surface area (Å²) in [6.45, 7) is 4.47. The van der Waals surface area contributed by atoms with Crippen molar-refractivity contribution in [2.45, 2.75) is 38.6 Å². The van der Waals surface area contributed by atoms with Gasteiger partial charge in [0.05, 0.1) is 5.54 Å². The van der Waals surface area contributed by atoms with E-state index < -0.39 is 5.54 Å². The Hall–Kier alpha value is -1.43. The minimum absolute atomic E-state index is 0.115. The van der Waals surface area contributed by atoms with E-state index >= 15 is 0 Å². The summed E-state index contributed by atoms with van der Waals surface area (Å²) in [6.07, 6.45) is 2.99. The summed E-state index contributed by atoms with van der Waals surface area (Å²) in [7, 11) is 0. The SMILES string of the molecule is Cc1noc(NC(=O)C2(C)CCCCN2)n1. The number of hydrogen-bond acceptors (Lipinski definition) is 5. The Labute approximate surface area is 93.8 Å². The maximum absolute atomic E-state index is 12.0. The number of hydrogen-bond donors (Lipinski definition) is 2. The molecule has 0 spiro atoms. The van der Waals surface area contributed by atoms with Crippen LogP contribution >= 0.6 is 0 Å². The number of carbonyl (C=O) groups excluding carboxylic acids is 1. The molecule has 1 fully saturated rings. The van der Waals surface area contributed by atoms with Crippen LogP contribution in [0.2, 0.25) is 0 Å². The van der Waals surface area contributed by atoms with Crippen LogP contribution < -0.4 is 10.6 Å². The minimum atomic E-state index is -0.527. The number of nitrogens with one attached hydrogen (secondary N) is 2. The average Bonchev–Trinajstić information content (AvgIpc) is 2.65. The molecule has 1 aliphatic heterocycles. The summed E-state index contributed by atoms with van der Waals surface area (Å²) >= 11 is 0. The van der Waals surface area contributed by atoms with E-state index in [1.54, 1.807) is 6.92 Å². The molecule has 0 bridgehead atoms. The molecular formula is C10H16N4O2. The zero-order valence-electron chi connectivity index (χ0n) is 9.54. The molecule has 1 aromatic heterocycles. The van der Waals surface area contributed by atoms with Crippen LogP contribution in [0.4, 0.5) is 6.01 Å². The monoisotopic (exact) mass is 224 g/mol. The Morgan fingerprint density at radius 1 is 1.56 bits per heavy atom. The highest BCUT2D eigenvalue weighted by Crippen LogP contribution is 2.20. The van der Waals surface area contributed by atoms with E-state index in [0.29, 0.717) is 5.82 Å². The number of rotatable bonds is 2. The Morgan fingerprint density at radius 2 is 2.38 bits per heavy atom. The maximum atomic E-state index is 12.0. The number of aromatic nitrogens is 2. The number of piperidine rings is 1. The van der Waals surface area contributed by atoms with Crippen molar-refractivity contribution in [2.75, 3.05) is 11.9 Å². The van der Waals surface area contributed by atoms with Gasteiger partial charge in [-0.05, 0) is 39.7 Å². The molecule has 1 saturated heterocycles. The molecule has 1 atom stereocenters. The van der Waals surface area contributed by atoms with Gasteiger partial charge in [-0.1, -0.05) is 5.16 Å². The van der Waals surface area contributed by atoms with Crippen LogP contribution in [0.1, 0.15) is 32.0 Å². The van der Waals surface area contributed by atoms with Gasteiger partial charge in [-0.15, -0.1) is 0 Å². The third-order valence-electron chi connectivity index (χ3n) is 2.87. The summed E-state index contributed by atoms with van der Waals surface area (Å²) in [5.74, 6) is 0.396. The van der Waals surface area contributed by atoms with Gasteiger partial charge >= 0.3 is 6.01 Å². The van der Waals surface area contributed by atoms with E-state index in [-0.39, 0.29) is 11.9 Å². The van der Waals surface area contributed by atoms with Gasteiger partial charge in [0.2, 0.25) is 5.91 Å². The standard InChI is InChI=1S/C10H16N4O2/c1-7-12-9(16-14-7)13-8(15)10(2)5-3-4-6-11-10/h11H,3-6H2,1-2H3,(H,12,13,14,15). The number of nitrogens with zero attached hydrogens (tertiary/aromatic N) is 2. The van der Waals surface area contributed by atoms with Crippen LogP contribution in [0.5, 0.6) is 0 Å². The van der Waals surface area contributed by atoms with E-state index in [9.17, 15) is 4.79 Å². The summed E-state index contributed by atoms with van der Waals surface area (Å²) in [5.41, 5.74) is -0.527. The number of aryl methyl sites for hydroxylation is 1. The fourth-order valence-corrected chi connectivity index (χ4v) is 1.83. The summed E-state index contributed by atoms with van der Waals surface area (Å²) < 4.78 is 4.85. The highest BCUT2D eigenvalue weighted by atomic mass is 16.5. The molecule has 0 radical (unpaired) electrons. The quantitative estimate of drug-likeness (QED) is 0.778. The molecule has 0 aromatic carbocycles. The third kappa shape index (κ3) is 2.21. The molecule has 16 heavy (non-hydrogen) atoms. The van der Waals surface area contributed by atoms with Crippen LogP contribution in [0, 0.1) is 6.92 Å². The van der Waals surface area contributed by atoms with Crippen LogP contribution in [0.25, 0.3) is 0 Å². The second kappa shape index (κ2) is 4.21. The molecule has 88 valence electrons. The average molecular weight is 224 g/mol. The predicted molar refractivity (Wildman–Crippen MR) is 57.9 cm³/mol. The van der Waals surface area contributed by atoms with Crippen molar-refractivity contribution < 1.29 is 9.32 Å². The van der Waals surface area contributed by atoms with Crippen molar-refractivity contribution >= 4 is 11.9 Å². The summed E-state index contributed by atoms with van der Waals surface area (Å²) in [5, 5.41) is 9.47. The molecule has 0 saturated carbocycles. The van der Waals surface area contributed by atoms with E-state index in [4.69, 9.17) is 4.52 Å². The highest BCUT2D eigenvalue weighted by molar-refractivity contribution is 5.96. The smallest absolute Gasteiger partial charge is 0.315 e. The first-order valence-electron chi connectivity index (χ1n) is 5.47. The zero-order valence-corrected chi connectivity index (χ0v) is 9.54. The van der Waals surface area contributed by atoms with Crippen LogP contribution in [-0.4, -0.2) is 28.1 Å². The van der Waals surface area contributed by atoms with Crippen LogP contribution in [0.3, 0.4) is 0 Å². The Morgan fingerprint density at radius 3 is 2.94 bits per heavy atom.